The predicted molar refractivity (Wildman–Crippen MR) is 154 cm³/mol. The number of H-pyrrole nitrogens is 1. The van der Waals surface area contributed by atoms with Crippen molar-refractivity contribution in [1.82, 2.24) is 10.3 Å². The highest BCUT2D eigenvalue weighted by atomic mass is 16.7. The van der Waals surface area contributed by atoms with E-state index in [1.165, 1.54) is 18.2 Å². The first-order valence-corrected chi connectivity index (χ1v) is 13.9. The number of anilines is 1. The Bertz CT molecular complexity index is 1770. The number of hydrogen-bond acceptors (Lipinski definition) is 11. The Labute approximate surface area is 244 Å². The van der Waals surface area contributed by atoms with Crippen molar-refractivity contribution < 1.29 is 49.3 Å². The van der Waals surface area contributed by atoms with E-state index in [0.717, 1.165) is 0 Å². The van der Waals surface area contributed by atoms with Gasteiger partial charge < -0.3 is 50.0 Å². The number of phenols is 1. The molecule has 0 bridgehead atoms. The second-order valence-corrected chi connectivity index (χ2v) is 10.3. The van der Waals surface area contributed by atoms with Crippen LogP contribution in [0.25, 0.3) is 32.9 Å². The molecule has 6 atom stereocenters. The lowest BCUT2D eigenvalue weighted by molar-refractivity contribution is -0.221. The summed E-state index contributed by atoms with van der Waals surface area (Å²) >= 11 is 0. The van der Waals surface area contributed by atoms with Crippen molar-refractivity contribution in [2.24, 2.45) is 0 Å². The summed E-state index contributed by atoms with van der Waals surface area (Å²) in [4.78, 5) is 29.6. The summed E-state index contributed by atoms with van der Waals surface area (Å²) in [6.07, 6.45) is -7.65. The highest BCUT2D eigenvalue weighted by molar-refractivity contribution is 6.32. The summed E-state index contributed by atoms with van der Waals surface area (Å²) < 4.78 is 17.0. The number of carbonyl (C=O) groups is 2. The van der Waals surface area contributed by atoms with E-state index in [0.29, 0.717) is 38.9 Å². The molecule has 4 heterocycles. The number of aromatic amines is 1. The van der Waals surface area contributed by atoms with E-state index in [-0.39, 0.29) is 28.1 Å². The second-order valence-electron chi connectivity index (χ2n) is 10.3. The fourth-order valence-corrected chi connectivity index (χ4v) is 5.80. The summed E-state index contributed by atoms with van der Waals surface area (Å²) in [5, 5.41) is 57.4. The van der Waals surface area contributed by atoms with Gasteiger partial charge in [0.05, 0.1) is 23.3 Å². The number of aromatic hydroxyl groups is 1. The second kappa shape index (κ2) is 10.7. The van der Waals surface area contributed by atoms with Gasteiger partial charge in [-0.1, -0.05) is 13.8 Å². The average molecular weight is 594 g/mol. The molecule has 1 fully saturated rings. The smallest absolute Gasteiger partial charge is 0.259 e. The molecule has 13 heteroatoms. The van der Waals surface area contributed by atoms with E-state index in [2.05, 4.69) is 15.6 Å². The lowest BCUT2D eigenvalue weighted by Gasteiger charge is -2.40. The number of carbonyl (C=O) groups excluding carboxylic acids is 2. The number of aliphatic hydroxyl groups is 4. The lowest BCUT2D eigenvalue weighted by Crippen LogP contribution is -2.60. The molecule has 43 heavy (non-hydrogen) atoms. The van der Waals surface area contributed by atoms with Crippen LogP contribution in [-0.2, 0) is 4.74 Å². The van der Waals surface area contributed by atoms with E-state index >= 15 is 0 Å². The summed E-state index contributed by atoms with van der Waals surface area (Å²) in [5.74, 6) is -0.324. The minimum Gasteiger partial charge on any atom is -0.508 e. The Morgan fingerprint density at radius 3 is 2.28 bits per heavy atom. The van der Waals surface area contributed by atoms with Crippen LogP contribution in [0.2, 0.25) is 0 Å². The minimum absolute atomic E-state index is 0.0805. The Kier molecular flexibility index (Phi) is 7.15. The number of nitrogens with one attached hydrogen (secondary N) is 3. The molecule has 0 radical (unpaired) electrons. The fraction of sp³-hybridized carbons (Fsp3) is 0.333. The van der Waals surface area contributed by atoms with E-state index < -0.39 is 55.4 Å². The number of imide groups is 1. The number of aromatic nitrogens is 1. The van der Waals surface area contributed by atoms with Crippen LogP contribution in [0.3, 0.4) is 0 Å². The Morgan fingerprint density at radius 2 is 1.56 bits per heavy atom. The molecule has 1 saturated heterocycles. The van der Waals surface area contributed by atoms with E-state index in [9.17, 15) is 35.1 Å². The van der Waals surface area contributed by atoms with E-state index in [1.54, 1.807) is 25.1 Å². The number of hydrogen-bond donors (Lipinski definition) is 8. The largest absolute Gasteiger partial charge is 0.508 e. The van der Waals surface area contributed by atoms with Gasteiger partial charge in [-0.3, -0.25) is 14.9 Å². The maximum Gasteiger partial charge on any atom is 0.259 e. The number of fused-ring (bicyclic) bond motifs is 6. The molecule has 6 unspecified atom stereocenters. The van der Waals surface area contributed by atoms with Crippen LogP contribution < -0.4 is 20.1 Å². The average Bonchev–Trinajstić information content (AvgIpc) is 3.63. The van der Waals surface area contributed by atoms with Crippen LogP contribution in [-0.4, -0.2) is 85.9 Å². The third kappa shape index (κ3) is 4.53. The maximum atomic E-state index is 13.2. The molecular weight excluding hydrogens is 562 g/mol. The normalized spacial score (nSPS) is 25.8. The molecular formula is C30H31N3O10. The molecule has 0 aliphatic carbocycles. The van der Waals surface area contributed by atoms with Gasteiger partial charge in [-0.2, -0.15) is 0 Å². The molecule has 4 aromatic rings. The monoisotopic (exact) mass is 593 g/mol. The van der Waals surface area contributed by atoms with Crippen LogP contribution in [0.15, 0.2) is 36.4 Å². The van der Waals surface area contributed by atoms with Crippen molar-refractivity contribution in [2.45, 2.75) is 57.7 Å². The molecule has 3 aliphatic heterocycles. The summed E-state index contributed by atoms with van der Waals surface area (Å²) in [6.45, 7) is 5.14. The highest BCUT2D eigenvalue weighted by Crippen LogP contribution is 2.45. The molecule has 0 saturated carbocycles. The Morgan fingerprint density at radius 1 is 0.860 bits per heavy atom. The van der Waals surface area contributed by atoms with Crippen molar-refractivity contribution in [3.05, 3.63) is 47.5 Å². The molecule has 3 aliphatic rings. The first-order valence-electron chi connectivity index (χ1n) is 13.9. The topological polar surface area (TPSA) is 203 Å². The Hall–Kier alpha value is -4.40. The lowest BCUT2D eigenvalue weighted by atomic mass is 9.91. The predicted octanol–water partition coefficient (Wildman–Crippen LogP) is 1.93. The van der Waals surface area contributed by atoms with Gasteiger partial charge >= 0.3 is 0 Å². The number of amides is 2. The molecule has 0 spiro atoms. The quantitative estimate of drug-likeness (QED) is 0.127. The van der Waals surface area contributed by atoms with Crippen molar-refractivity contribution >= 4 is 39.3 Å². The van der Waals surface area contributed by atoms with Gasteiger partial charge in [0, 0.05) is 40.5 Å². The number of phenolic OH excluding ortho intramolecular Hbond substituents is 1. The third-order valence-electron chi connectivity index (χ3n) is 7.70. The van der Waals surface area contributed by atoms with Gasteiger partial charge in [-0.15, -0.1) is 0 Å². The number of rotatable bonds is 4. The van der Waals surface area contributed by atoms with Crippen LogP contribution in [0.5, 0.6) is 17.2 Å². The van der Waals surface area contributed by atoms with Crippen molar-refractivity contribution in [3.8, 4) is 28.4 Å². The van der Waals surface area contributed by atoms with Gasteiger partial charge in [0.15, 0.2) is 17.7 Å². The van der Waals surface area contributed by atoms with Gasteiger partial charge in [0.25, 0.3) is 11.8 Å². The molecule has 3 aromatic carbocycles. The van der Waals surface area contributed by atoms with Gasteiger partial charge in [-0.25, -0.2) is 0 Å². The van der Waals surface area contributed by atoms with Gasteiger partial charge in [-0.05, 0) is 35.9 Å². The molecule has 7 rings (SSSR count). The van der Waals surface area contributed by atoms with Crippen LogP contribution >= 0.6 is 0 Å². The standard InChI is InChI=1S/C28H25N3O10.C2H6/c1-9-39-17-6-13-15(7-18(17)40-9)29-16-5-12(21-22(20(13)16)27(38)31-26(21)37)11-4-10(33)2-3-14(11)30-28-25(36)24(35)23(34)19(8-32)41-28;1-2/h2-7,9,19,23-25,28-30,32-36H,8H2,1H3,(H,31,37,38);1-2H3. The number of aliphatic hydroxyl groups excluding tert-OH is 4. The summed E-state index contributed by atoms with van der Waals surface area (Å²) in [5.41, 5.74) is 2.24. The molecule has 2 amide bonds. The zero-order valence-corrected chi connectivity index (χ0v) is 23.4. The SMILES string of the molecule is CC.CC1Oc2cc3[nH]c4cc(-c5cc(O)ccc5NC5OC(CO)C(O)C(O)C5O)c5c(c4c3cc2O1)C(=O)NC5=O. The van der Waals surface area contributed by atoms with Crippen molar-refractivity contribution in [1.29, 1.82) is 0 Å². The third-order valence-corrected chi connectivity index (χ3v) is 7.70. The first kappa shape index (κ1) is 28.7. The van der Waals surface area contributed by atoms with E-state index in [4.69, 9.17) is 14.2 Å². The van der Waals surface area contributed by atoms with Crippen molar-refractivity contribution in [2.75, 3.05) is 11.9 Å². The summed E-state index contributed by atoms with van der Waals surface area (Å²) in [7, 11) is 0. The summed E-state index contributed by atoms with van der Waals surface area (Å²) in [6, 6.07) is 9.41. The van der Waals surface area contributed by atoms with Gasteiger partial charge in [0.2, 0.25) is 6.29 Å². The number of ether oxygens (including phenoxy) is 3. The maximum absolute atomic E-state index is 13.2. The van der Waals surface area contributed by atoms with Crippen LogP contribution in [0.1, 0.15) is 41.5 Å². The minimum atomic E-state index is -1.62. The first-order chi connectivity index (χ1) is 20.6. The number of benzene rings is 3. The highest BCUT2D eigenvalue weighted by Gasteiger charge is 2.44. The molecule has 226 valence electrons. The zero-order chi connectivity index (χ0) is 30.7. The molecule has 1 aromatic heterocycles. The van der Waals surface area contributed by atoms with Crippen LogP contribution in [0.4, 0.5) is 5.69 Å². The zero-order valence-electron chi connectivity index (χ0n) is 23.4. The van der Waals surface area contributed by atoms with Crippen LogP contribution in [0, 0.1) is 0 Å². The molecule has 13 nitrogen and oxygen atoms in total. The molecule has 8 N–H and O–H groups in total. The van der Waals surface area contributed by atoms with Gasteiger partial charge in [0.1, 0.15) is 30.2 Å². The van der Waals surface area contributed by atoms with E-state index in [1.807, 2.05) is 13.8 Å². The fourth-order valence-electron chi connectivity index (χ4n) is 5.80. The Balaban J connectivity index is 0.00000161. The van der Waals surface area contributed by atoms with Crippen molar-refractivity contribution in [3.63, 3.8) is 0 Å².